The normalized spacial score (nSPS) is 10.4. The van der Waals surface area contributed by atoms with Crippen LogP contribution in [-0.2, 0) is 4.74 Å². The van der Waals surface area contributed by atoms with Crippen molar-refractivity contribution in [3.8, 4) is 0 Å². The van der Waals surface area contributed by atoms with E-state index in [1.165, 1.54) is 19.6 Å². The van der Waals surface area contributed by atoms with E-state index in [1.807, 2.05) is 0 Å². The molecule has 2 nitrogen and oxygen atoms in total. The van der Waals surface area contributed by atoms with E-state index in [-0.39, 0.29) is 11.5 Å². The van der Waals surface area contributed by atoms with Crippen LogP contribution in [0.5, 0.6) is 0 Å². The van der Waals surface area contributed by atoms with E-state index >= 15 is 0 Å². The second-order valence-electron chi connectivity index (χ2n) is 1.92. The van der Waals surface area contributed by atoms with Crippen molar-refractivity contribution in [1.29, 1.82) is 0 Å². The fourth-order valence-corrected chi connectivity index (χ4v) is 0.666. The molecule has 1 aromatic carbocycles. The van der Waals surface area contributed by atoms with Crippen LogP contribution >= 0.6 is 0 Å². The lowest BCUT2D eigenvalue weighted by atomic mass is 10.3. The summed E-state index contributed by atoms with van der Waals surface area (Å²) in [6, 6.07) is 6.25. The van der Waals surface area contributed by atoms with Gasteiger partial charge in [-0.25, -0.2) is 9.38 Å². The predicted octanol–water partition coefficient (Wildman–Crippen LogP) is 2.13. The molecule has 58 valence electrons. The number of nitrogens with zero attached hydrogens (tertiary/aromatic N) is 1. The molecule has 0 unspecified atom stereocenters. The number of halogens is 1. The molecule has 0 aromatic heterocycles. The Morgan fingerprint density at radius 1 is 1.45 bits per heavy atom. The first-order valence-electron chi connectivity index (χ1n) is 3.14. The smallest absolute Gasteiger partial charge is 0.174 e. The van der Waals surface area contributed by atoms with E-state index in [1.54, 1.807) is 18.2 Å². The highest BCUT2D eigenvalue weighted by Crippen LogP contribution is 2.14. The second-order valence-corrected chi connectivity index (χ2v) is 1.92. The molecule has 0 N–H and O–H groups in total. The zero-order valence-electron chi connectivity index (χ0n) is 6.12. The highest BCUT2D eigenvalue weighted by molar-refractivity contribution is 5.55. The van der Waals surface area contributed by atoms with Crippen LogP contribution in [0.1, 0.15) is 0 Å². The molecule has 0 bridgehead atoms. The monoisotopic (exact) mass is 153 g/mol. The Hall–Kier alpha value is -1.38. The number of hydrogen-bond donors (Lipinski definition) is 0. The third kappa shape index (κ3) is 2.04. The van der Waals surface area contributed by atoms with Crippen molar-refractivity contribution in [2.24, 2.45) is 4.99 Å². The van der Waals surface area contributed by atoms with Crippen molar-refractivity contribution < 1.29 is 9.13 Å². The molecule has 3 heteroatoms. The minimum absolute atomic E-state index is 0.286. The molecule has 0 saturated carbocycles. The minimum atomic E-state index is -0.346. The van der Waals surface area contributed by atoms with E-state index < -0.39 is 0 Å². The number of hydrogen-bond acceptors (Lipinski definition) is 2. The average Bonchev–Trinajstić information content (AvgIpc) is 2.03. The zero-order valence-corrected chi connectivity index (χ0v) is 6.12. The molecule has 0 aliphatic heterocycles. The number of rotatable bonds is 2. The van der Waals surface area contributed by atoms with Crippen LogP contribution < -0.4 is 0 Å². The van der Waals surface area contributed by atoms with Gasteiger partial charge in [-0.15, -0.1) is 0 Å². The first-order valence-corrected chi connectivity index (χ1v) is 3.14. The van der Waals surface area contributed by atoms with Crippen molar-refractivity contribution in [3.63, 3.8) is 0 Å². The summed E-state index contributed by atoms with van der Waals surface area (Å²) in [5.41, 5.74) is 0.286. The number of benzene rings is 1. The predicted molar refractivity (Wildman–Crippen MR) is 41.6 cm³/mol. The highest BCUT2D eigenvalue weighted by atomic mass is 19.1. The first-order chi connectivity index (χ1) is 5.34. The van der Waals surface area contributed by atoms with Crippen LogP contribution in [0.2, 0.25) is 0 Å². The maximum Gasteiger partial charge on any atom is 0.174 e. The minimum Gasteiger partial charge on any atom is -0.486 e. The number of methoxy groups -OCH3 is 1. The Balaban J connectivity index is 2.86. The van der Waals surface area contributed by atoms with E-state index in [9.17, 15) is 4.39 Å². The molecule has 0 spiro atoms. The molecular formula is C8H8FNO. The van der Waals surface area contributed by atoms with Crippen molar-refractivity contribution in [1.82, 2.24) is 0 Å². The van der Waals surface area contributed by atoms with E-state index in [4.69, 9.17) is 0 Å². The standard InChI is InChI=1S/C8H8FNO/c1-11-6-10-8-5-3-2-4-7(8)9/h2-6H,1H3/b10-6-. The average molecular weight is 153 g/mol. The molecular weight excluding hydrogens is 145 g/mol. The van der Waals surface area contributed by atoms with Gasteiger partial charge in [-0.2, -0.15) is 0 Å². The van der Waals surface area contributed by atoms with Crippen LogP contribution in [0.15, 0.2) is 29.3 Å². The largest absolute Gasteiger partial charge is 0.486 e. The van der Waals surface area contributed by atoms with Crippen molar-refractivity contribution in [2.75, 3.05) is 7.11 Å². The fourth-order valence-electron chi connectivity index (χ4n) is 0.666. The van der Waals surface area contributed by atoms with Crippen LogP contribution in [0, 0.1) is 5.82 Å². The van der Waals surface area contributed by atoms with Gasteiger partial charge in [-0.3, -0.25) is 0 Å². The van der Waals surface area contributed by atoms with Crippen LogP contribution in [0.3, 0.4) is 0 Å². The van der Waals surface area contributed by atoms with Gasteiger partial charge < -0.3 is 4.74 Å². The summed E-state index contributed by atoms with van der Waals surface area (Å²) in [7, 11) is 1.46. The third-order valence-corrected chi connectivity index (χ3v) is 1.15. The van der Waals surface area contributed by atoms with E-state index in [0.717, 1.165) is 0 Å². The van der Waals surface area contributed by atoms with E-state index in [0.29, 0.717) is 0 Å². The molecule has 1 rings (SSSR count). The number of aliphatic imine (C=N–C) groups is 1. The summed E-state index contributed by atoms with van der Waals surface area (Å²) >= 11 is 0. The molecule has 0 amide bonds. The van der Waals surface area contributed by atoms with Crippen molar-refractivity contribution in [3.05, 3.63) is 30.1 Å². The molecule has 0 fully saturated rings. The van der Waals surface area contributed by atoms with Gasteiger partial charge in [-0.05, 0) is 12.1 Å². The fraction of sp³-hybridized carbons (Fsp3) is 0.125. The SMILES string of the molecule is CO/C=N\c1ccccc1F. The van der Waals surface area contributed by atoms with Crippen molar-refractivity contribution in [2.45, 2.75) is 0 Å². The molecule has 0 heterocycles. The molecule has 11 heavy (non-hydrogen) atoms. The molecule has 0 atom stereocenters. The molecule has 0 aliphatic carbocycles. The van der Waals surface area contributed by atoms with Gasteiger partial charge in [-0.1, -0.05) is 12.1 Å². The van der Waals surface area contributed by atoms with E-state index in [2.05, 4.69) is 9.73 Å². The lowest BCUT2D eigenvalue weighted by molar-refractivity contribution is 0.423. The Bertz CT molecular complexity index is 260. The van der Waals surface area contributed by atoms with Gasteiger partial charge in [0.2, 0.25) is 0 Å². The van der Waals surface area contributed by atoms with Gasteiger partial charge in [0.15, 0.2) is 6.40 Å². The number of ether oxygens (including phenoxy) is 1. The Morgan fingerprint density at radius 3 is 2.82 bits per heavy atom. The van der Waals surface area contributed by atoms with Crippen molar-refractivity contribution >= 4 is 12.1 Å². The topological polar surface area (TPSA) is 21.6 Å². The van der Waals surface area contributed by atoms with Crippen LogP contribution in [0.4, 0.5) is 10.1 Å². The summed E-state index contributed by atoms with van der Waals surface area (Å²) < 4.78 is 17.3. The maximum absolute atomic E-state index is 12.7. The second kappa shape index (κ2) is 3.71. The Morgan fingerprint density at radius 2 is 2.18 bits per heavy atom. The Kier molecular flexibility index (Phi) is 2.60. The lowest BCUT2D eigenvalue weighted by Gasteiger charge is -1.93. The molecule has 0 radical (unpaired) electrons. The quantitative estimate of drug-likeness (QED) is 0.471. The molecule has 0 saturated heterocycles. The third-order valence-electron chi connectivity index (χ3n) is 1.15. The lowest BCUT2D eigenvalue weighted by Crippen LogP contribution is -1.78. The summed E-state index contributed by atoms with van der Waals surface area (Å²) in [6.45, 7) is 0. The molecule has 1 aromatic rings. The van der Waals surface area contributed by atoms with Gasteiger partial charge in [0.25, 0.3) is 0 Å². The zero-order chi connectivity index (χ0) is 8.10. The maximum atomic E-state index is 12.7. The van der Waals surface area contributed by atoms with Gasteiger partial charge in [0.05, 0.1) is 7.11 Å². The number of para-hydroxylation sites is 1. The summed E-state index contributed by atoms with van der Waals surface area (Å²) in [6.07, 6.45) is 1.19. The molecule has 0 aliphatic rings. The first kappa shape index (κ1) is 7.72. The van der Waals surface area contributed by atoms with Gasteiger partial charge in [0.1, 0.15) is 11.5 Å². The summed E-state index contributed by atoms with van der Waals surface area (Å²) in [4.78, 5) is 3.70. The van der Waals surface area contributed by atoms with Crippen LogP contribution in [0.25, 0.3) is 0 Å². The summed E-state index contributed by atoms with van der Waals surface area (Å²) in [5, 5.41) is 0. The van der Waals surface area contributed by atoms with Crippen LogP contribution in [-0.4, -0.2) is 13.5 Å². The Labute approximate surface area is 64.3 Å². The summed E-state index contributed by atoms with van der Waals surface area (Å²) in [5.74, 6) is -0.346. The van der Waals surface area contributed by atoms with Gasteiger partial charge in [0, 0.05) is 0 Å². The highest BCUT2D eigenvalue weighted by Gasteiger charge is 1.94. The van der Waals surface area contributed by atoms with Gasteiger partial charge >= 0.3 is 0 Å².